The summed E-state index contributed by atoms with van der Waals surface area (Å²) in [5.41, 5.74) is 0. The van der Waals surface area contributed by atoms with Gasteiger partial charge < -0.3 is 10.2 Å². The summed E-state index contributed by atoms with van der Waals surface area (Å²) in [7, 11) is 0. The highest BCUT2D eigenvalue weighted by atomic mass is 32.2. The minimum atomic E-state index is 0.629. The molecule has 1 heterocycles. The highest BCUT2D eigenvalue weighted by molar-refractivity contribution is 8.00. The van der Waals surface area contributed by atoms with Gasteiger partial charge in [-0.05, 0) is 38.6 Å². The predicted molar refractivity (Wildman–Crippen MR) is 64.0 cm³/mol. The largest absolute Gasteiger partial charge is 0.315 e. The lowest BCUT2D eigenvalue weighted by Gasteiger charge is -2.43. The van der Waals surface area contributed by atoms with E-state index >= 15 is 0 Å². The van der Waals surface area contributed by atoms with Gasteiger partial charge in [0.25, 0.3) is 0 Å². The average Bonchev–Trinajstić information content (AvgIpc) is 2.39. The van der Waals surface area contributed by atoms with Gasteiger partial charge in [0.1, 0.15) is 0 Å². The van der Waals surface area contributed by atoms with E-state index in [1.807, 2.05) is 0 Å². The van der Waals surface area contributed by atoms with Crippen molar-refractivity contribution in [2.45, 2.75) is 30.4 Å². The van der Waals surface area contributed by atoms with Crippen LogP contribution in [0, 0.1) is 0 Å². The molecule has 2 aliphatic rings. The Morgan fingerprint density at radius 3 is 2.71 bits per heavy atom. The normalized spacial score (nSPS) is 28.1. The van der Waals surface area contributed by atoms with Gasteiger partial charge in [0.2, 0.25) is 0 Å². The Morgan fingerprint density at radius 2 is 2.07 bits per heavy atom. The van der Waals surface area contributed by atoms with Gasteiger partial charge in [-0.3, -0.25) is 0 Å². The maximum atomic E-state index is 3.47. The molecule has 2 fully saturated rings. The number of thioether (sulfide) groups is 1. The Bertz CT molecular complexity index is 167. The second-order valence-electron chi connectivity index (χ2n) is 4.62. The molecule has 0 radical (unpaired) electrons. The van der Waals surface area contributed by atoms with E-state index in [4.69, 9.17) is 0 Å². The first-order valence-electron chi connectivity index (χ1n) is 5.83. The number of hydrogen-bond donors (Lipinski definition) is 1. The van der Waals surface area contributed by atoms with E-state index in [0.29, 0.717) is 4.75 Å². The molecular formula is C11H22N2S. The molecule has 0 unspecified atom stereocenters. The summed E-state index contributed by atoms with van der Waals surface area (Å²) < 4.78 is 0.629. The van der Waals surface area contributed by atoms with Crippen molar-refractivity contribution in [3.8, 4) is 0 Å². The van der Waals surface area contributed by atoms with Crippen LogP contribution in [0.5, 0.6) is 0 Å². The SMILES string of the molecule is CSC1(CN2CCCNCC2)CCC1. The van der Waals surface area contributed by atoms with E-state index in [9.17, 15) is 0 Å². The first-order chi connectivity index (χ1) is 6.85. The zero-order chi connectivity index (χ0) is 9.86. The van der Waals surface area contributed by atoms with Crippen molar-refractivity contribution >= 4 is 11.8 Å². The molecule has 0 aromatic heterocycles. The van der Waals surface area contributed by atoms with Crippen molar-refractivity contribution in [3.63, 3.8) is 0 Å². The third-order valence-corrected chi connectivity index (χ3v) is 5.05. The fourth-order valence-electron chi connectivity index (χ4n) is 2.47. The molecule has 0 aromatic rings. The minimum absolute atomic E-state index is 0.629. The second-order valence-corrected chi connectivity index (χ2v) is 5.89. The van der Waals surface area contributed by atoms with Gasteiger partial charge in [-0.25, -0.2) is 0 Å². The summed E-state index contributed by atoms with van der Waals surface area (Å²) in [6.45, 7) is 6.28. The summed E-state index contributed by atoms with van der Waals surface area (Å²) in [6, 6.07) is 0. The lowest BCUT2D eigenvalue weighted by molar-refractivity contribution is 0.211. The highest BCUT2D eigenvalue weighted by Crippen LogP contribution is 2.43. The molecule has 1 N–H and O–H groups in total. The molecule has 0 spiro atoms. The van der Waals surface area contributed by atoms with Gasteiger partial charge in [0, 0.05) is 24.4 Å². The molecule has 0 atom stereocenters. The maximum Gasteiger partial charge on any atom is 0.0284 e. The summed E-state index contributed by atoms with van der Waals surface area (Å²) in [6.07, 6.45) is 7.95. The number of hydrogen-bond acceptors (Lipinski definition) is 3. The van der Waals surface area contributed by atoms with Gasteiger partial charge >= 0.3 is 0 Å². The zero-order valence-corrected chi connectivity index (χ0v) is 10.0. The number of nitrogens with one attached hydrogen (secondary N) is 1. The Morgan fingerprint density at radius 1 is 1.21 bits per heavy atom. The molecular weight excluding hydrogens is 192 g/mol. The molecule has 1 saturated heterocycles. The van der Waals surface area contributed by atoms with E-state index in [-0.39, 0.29) is 0 Å². The van der Waals surface area contributed by atoms with Crippen LogP contribution >= 0.6 is 11.8 Å². The Hall–Kier alpha value is 0.270. The van der Waals surface area contributed by atoms with E-state index in [1.165, 1.54) is 58.4 Å². The Balaban J connectivity index is 1.82. The fraction of sp³-hybridized carbons (Fsp3) is 1.00. The zero-order valence-electron chi connectivity index (χ0n) is 9.22. The van der Waals surface area contributed by atoms with Crippen LogP contribution in [-0.4, -0.2) is 48.6 Å². The molecule has 14 heavy (non-hydrogen) atoms. The molecule has 0 amide bonds. The highest BCUT2D eigenvalue weighted by Gasteiger charge is 2.37. The topological polar surface area (TPSA) is 15.3 Å². The average molecular weight is 214 g/mol. The molecule has 82 valence electrons. The van der Waals surface area contributed by atoms with Gasteiger partial charge in [-0.15, -0.1) is 0 Å². The van der Waals surface area contributed by atoms with Gasteiger partial charge in [-0.2, -0.15) is 11.8 Å². The van der Waals surface area contributed by atoms with Crippen LogP contribution in [-0.2, 0) is 0 Å². The quantitative estimate of drug-likeness (QED) is 0.768. The number of nitrogens with zero attached hydrogens (tertiary/aromatic N) is 1. The summed E-state index contributed by atoms with van der Waals surface area (Å²) in [5.74, 6) is 0. The van der Waals surface area contributed by atoms with Crippen molar-refractivity contribution in [1.29, 1.82) is 0 Å². The van der Waals surface area contributed by atoms with Gasteiger partial charge in [0.05, 0.1) is 0 Å². The smallest absolute Gasteiger partial charge is 0.0284 e. The van der Waals surface area contributed by atoms with Crippen LogP contribution in [0.2, 0.25) is 0 Å². The lowest BCUT2D eigenvalue weighted by atomic mass is 9.83. The lowest BCUT2D eigenvalue weighted by Crippen LogP contribution is -2.46. The predicted octanol–water partition coefficient (Wildman–Crippen LogP) is 1.57. The van der Waals surface area contributed by atoms with E-state index < -0.39 is 0 Å². The Labute approximate surface area is 91.8 Å². The van der Waals surface area contributed by atoms with E-state index in [0.717, 1.165) is 0 Å². The van der Waals surface area contributed by atoms with Crippen LogP contribution in [0.25, 0.3) is 0 Å². The van der Waals surface area contributed by atoms with Crippen LogP contribution in [0.15, 0.2) is 0 Å². The van der Waals surface area contributed by atoms with Crippen molar-refractivity contribution in [1.82, 2.24) is 10.2 Å². The van der Waals surface area contributed by atoms with E-state index in [2.05, 4.69) is 28.2 Å². The van der Waals surface area contributed by atoms with E-state index in [1.54, 1.807) is 0 Å². The molecule has 0 bridgehead atoms. The Kier molecular flexibility index (Phi) is 3.74. The molecule has 1 saturated carbocycles. The molecule has 1 aliphatic heterocycles. The first kappa shape index (κ1) is 10.8. The third-order valence-electron chi connectivity index (χ3n) is 3.64. The van der Waals surface area contributed by atoms with Crippen molar-refractivity contribution < 1.29 is 0 Å². The van der Waals surface area contributed by atoms with Crippen LogP contribution in [0.3, 0.4) is 0 Å². The minimum Gasteiger partial charge on any atom is -0.315 e. The van der Waals surface area contributed by atoms with Crippen molar-refractivity contribution in [3.05, 3.63) is 0 Å². The van der Waals surface area contributed by atoms with Gasteiger partial charge in [-0.1, -0.05) is 6.42 Å². The molecule has 3 heteroatoms. The summed E-state index contributed by atoms with van der Waals surface area (Å²) >= 11 is 2.10. The van der Waals surface area contributed by atoms with Crippen LogP contribution in [0.4, 0.5) is 0 Å². The number of rotatable bonds is 3. The standard InChI is InChI=1S/C11H22N2S/c1-14-11(4-2-5-11)10-13-8-3-6-12-7-9-13/h12H,2-10H2,1H3. The second kappa shape index (κ2) is 4.86. The molecule has 0 aromatic carbocycles. The van der Waals surface area contributed by atoms with Gasteiger partial charge in [0.15, 0.2) is 0 Å². The van der Waals surface area contributed by atoms with Crippen LogP contribution in [0.1, 0.15) is 25.7 Å². The first-order valence-corrected chi connectivity index (χ1v) is 7.05. The summed E-state index contributed by atoms with van der Waals surface area (Å²) in [4.78, 5) is 2.66. The third kappa shape index (κ3) is 2.44. The molecule has 2 nitrogen and oxygen atoms in total. The van der Waals surface area contributed by atoms with Crippen molar-refractivity contribution in [2.75, 3.05) is 39.0 Å². The summed E-state index contributed by atoms with van der Waals surface area (Å²) in [5, 5.41) is 3.47. The fourth-order valence-corrected chi connectivity index (χ4v) is 3.47. The van der Waals surface area contributed by atoms with Crippen LogP contribution < -0.4 is 5.32 Å². The monoisotopic (exact) mass is 214 g/mol. The van der Waals surface area contributed by atoms with Crippen molar-refractivity contribution in [2.24, 2.45) is 0 Å². The maximum absolute atomic E-state index is 3.47. The molecule has 1 aliphatic carbocycles. The molecule has 2 rings (SSSR count).